The van der Waals surface area contributed by atoms with E-state index in [-0.39, 0.29) is 6.10 Å². The van der Waals surface area contributed by atoms with Crippen LogP contribution in [-0.2, 0) is 0 Å². The number of nitrogens with zero attached hydrogens (tertiary/aromatic N) is 4. The molecule has 2 atom stereocenters. The van der Waals surface area contributed by atoms with Crippen LogP contribution in [0.2, 0.25) is 0 Å². The smallest absolute Gasteiger partial charge is 0.146 e. The van der Waals surface area contributed by atoms with Crippen LogP contribution >= 0.6 is 0 Å². The van der Waals surface area contributed by atoms with Gasteiger partial charge in [-0.3, -0.25) is 4.90 Å². The fourth-order valence-corrected chi connectivity index (χ4v) is 2.53. The molecule has 5 heteroatoms. The highest BCUT2D eigenvalue weighted by Gasteiger charge is 2.26. The first-order valence-corrected chi connectivity index (χ1v) is 6.64. The van der Waals surface area contributed by atoms with Crippen molar-refractivity contribution in [2.75, 3.05) is 31.1 Å². The maximum Gasteiger partial charge on any atom is 0.146 e. The van der Waals surface area contributed by atoms with Crippen molar-refractivity contribution in [1.82, 2.24) is 9.88 Å². The number of hydrogen-bond acceptors (Lipinski definition) is 5. The zero-order valence-corrected chi connectivity index (χ0v) is 11.5. The van der Waals surface area contributed by atoms with Crippen molar-refractivity contribution < 1.29 is 5.11 Å². The van der Waals surface area contributed by atoms with E-state index in [1.807, 2.05) is 6.92 Å². The summed E-state index contributed by atoms with van der Waals surface area (Å²) in [6.07, 6.45) is 1.42. The number of β-amino-alcohol motifs (C(OH)–C–C–N with tert-alkyl or cyclic N) is 1. The third-order valence-corrected chi connectivity index (χ3v) is 3.47. The Hall–Kier alpha value is -1.64. The van der Waals surface area contributed by atoms with Crippen LogP contribution < -0.4 is 4.90 Å². The number of aliphatic hydroxyl groups is 1. The highest BCUT2D eigenvalue weighted by molar-refractivity contribution is 5.53. The molecule has 1 aromatic heterocycles. The summed E-state index contributed by atoms with van der Waals surface area (Å²) in [5.41, 5.74) is 0.624. The lowest BCUT2D eigenvalue weighted by Crippen LogP contribution is -2.53. The zero-order valence-electron chi connectivity index (χ0n) is 11.5. The lowest BCUT2D eigenvalue weighted by atomic mass is 10.1. The van der Waals surface area contributed by atoms with Crippen LogP contribution in [0.5, 0.6) is 0 Å². The molecule has 5 nitrogen and oxygen atoms in total. The molecule has 102 valence electrons. The summed E-state index contributed by atoms with van der Waals surface area (Å²) < 4.78 is 0. The Kier molecular flexibility index (Phi) is 4.35. The topological polar surface area (TPSA) is 63.4 Å². The van der Waals surface area contributed by atoms with Gasteiger partial charge < -0.3 is 10.0 Å². The molecule has 0 aromatic carbocycles. The minimum absolute atomic E-state index is 0.307. The van der Waals surface area contributed by atoms with Gasteiger partial charge in [0, 0.05) is 38.4 Å². The molecule has 0 unspecified atom stereocenters. The van der Waals surface area contributed by atoms with Gasteiger partial charge in [-0.25, -0.2) is 4.98 Å². The molecule has 1 aliphatic rings. The average Bonchev–Trinajstić information content (AvgIpc) is 2.40. The predicted octanol–water partition coefficient (Wildman–Crippen LogP) is 0.845. The van der Waals surface area contributed by atoms with Crippen molar-refractivity contribution in [2.45, 2.75) is 26.0 Å². The Morgan fingerprint density at radius 3 is 3.00 bits per heavy atom. The normalized spacial score (nSPS) is 22.0. The van der Waals surface area contributed by atoms with E-state index in [1.54, 1.807) is 18.3 Å². The average molecular weight is 260 g/mol. The third kappa shape index (κ3) is 3.22. The van der Waals surface area contributed by atoms with Gasteiger partial charge >= 0.3 is 0 Å². The first kappa shape index (κ1) is 13.8. The molecule has 1 aromatic rings. The van der Waals surface area contributed by atoms with Crippen molar-refractivity contribution in [2.24, 2.45) is 0 Å². The molecule has 0 spiro atoms. The second-order valence-corrected chi connectivity index (χ2v) is 5.13. The molecular formula is C14H20N4O. The fraction of sp³-hybridized carbons (Fsp3) is 0.571. The van der Waals surface area contributed by atoms with E-state index in [4.69, 9.17) is 5.26 Å². The Balaban J connectivity index is 2.08. The predicted molar refractivity (Wildman–Crippen MR) is 73.9 cm³/mol. The van der Waals surface area contributed by atoms with Crippen LogP contribution in [0.1, 0.15) is 19.4 Å². The largest absolute Gasteiger partial charge is 0.392 e. The van der Waals surface area contributed by atoms with Crippen LogP contribution in [0.3, 0.4) is 0 Å². The number of pyridine rings is 1. The molecule has 0 saturated carbocycles. The van der Waals surface area contributed by atoms with Gasteiger partial charge in [0.25, 0.3) is 0 Å². The summed E-state index contributed by atoms with van der Waals surface area (Å²) in [4.78, 5) is 8.76. The van der Waals surface area contributed by atoms with Gasteiger partial charge in [-0.2, -0.15) is 5.26 Å². The number of aliphatic hydroxyl groups excluding tert-OH is 1. The number of rotatable bonds is 3. The maximum atomic E-state index is 9.48. The Labute approximate surface area is 114 Å². The minimum atomic E-state index is -0.307. The van der Waals surface area contributed by atoms with Gasteiger partial charge in [-0.1, -0.05) is 0 Å². The van der Waals surface area contributed by atoms with E-state index in [9.17, 15) is 5.11 Å². The highest BCUT2D eigenvalue weighted by atomic mass is 16.3. The molecule has 1 aliphatic heterocycles. The molecule has 0 bridgehead atoms. The van der Waals surface area contributed by atoms with Gasteiger partial charge in [0.05, 0.1) is 11.7 Å². The number of piperazine rings is 1. The van der Waals surface area contributed by atoms with Crippen molar-refractivity contribution in [3.8, 4) is 6.07 Å². The molecule has 19 heavy (non-hydrogen) atoms. The molecule has 1 N–H and O–H groups in total. The Bertz CT molecular complexity index is 469. The Morgan fingerprint density at radius 1 is 1.58 bits per heavy atom. The van der Waals surface area contributed by atoms with Gasteiger partial charge in [0.2, 0.25) is 0 Å². The second-order valence-electron chi connectivity index (χ2n) is 5.13. The molecule has 1 fully saturated rings. The molecule has 2 heterocycles. The molecule has 0 aliphatic carbocycles. The number of nitriles is 1. The fourth-order valence-electron chi connectivity index (χ4n) is 2.53. The zero-order chi connectivity index (χ0) is 13.8. The SMILES string of the molecule is C[C@@H](O)CN1CCN(c2ncccc2C#N)C[C@@H]1C. The van der Waals surface area contributed by atoms with Crippen LogP contribution in [-0.4, -0.2) is 53.3 Å². The van der Waals surface area contributed by atoms with Crippen LogP contribution in [0.25, 0.3) is 0 Å². The summed E-state index contributed by atoms with van der Waals surface area (Å²) in [6.45, 7) is 7.20. The van der Waals surface area contributed by atoms with Crippen LogP contribution in [0.15, 0.2) is 18.3 Å². The number of hydrogen-bond donors (Lipinski definition) is 1. The van der Waals surface area contributed by atoms with E-state index in [0.717, 1.165) is 25.5 Å². The maximum absolute atomic E-state index is 9.48. The van der Waals surface area contributed by atoms with Crippen molar-refractivity contribution >= 4 is 5.82 Å². The first-order chi connectivity index (χ1) is 9.11. The summed E-state index contributed by atoms with van der Waals surface area (Å²) in [7, 11) is 0. The van der Waals surface area contributed by atoms with Crippen molar-refractivity contribution in [3.63, 3.8) is 0 Å². The number of anilines is 1. The molecule has 1 saturated heterocycles. The third-order valence-electron chi connectivity index (χ3n) is 3.47. The monoisotopic (exact) mass is 260 g/mol. The van der Waals surface area contributed by atoms with Crippen molar-refractivity contribution in [3.05, 3.63) is 23.9 Å². The summed E-state index contributed by atoms with van der Waals surface area (Å²) in [5.74, 6) is 0.772. The summed E-state index contributed by atoms with van der Waals surface area (Å²) in [5, 5.41) is 18.6. The number of aromatic nitrogens is 1. The lowest BCUT2D eigenvalue weighted by molar-refractivity contribution is 0.0958. The van der Waals surface area contributed by atoms with E-state index < -0.39 is 0 Å². The molecule has 0 radical (unpaired) electrons. The summed E-state index contributed by atoms with van der Waals surface area (Å²) in [6, 6.07) is 6.13. The molecule has 0 amide bonds. The molecule has 2 rings (SSSR count). The van der Waals surface area contributed by atoms with E-state index >= 15 is 0 Å². The first-order valence-electron chi connectivity index (χ1n) is 6.64. The van der Waals surface area contributed by atoms with Crippen LogP contribution in [0.4, 0.5) is 5.82 Å². The Morgan fingerprint density at radius 2 is 2.37 bits per heavy atom. The van der Waals surface area contributed by atoms with Crippen molar-refractivity contribution in [1.29, 1.82) is 5.26 Å². The minimum Gasteiger partial charge on any atom is -0.392 e. The standard InChI is InChI=1S/C14H20N4O/c1-11-9-18(7-6-17(11)10-12(2)19)14-13(8-15)4-3-5-16-14/h3-5,11-12,19H,6-7,9-10H2,1-2H3/t11-,12+/m0/s1. The second kappa shape index (κ2) is 6.00. The quantitative estimate of drug-likeness (QED) is 0.872. The molecular weight excluding hydrogens is 240 g/mol. The highest BCUT2D eigenvalue weighted by Crippen LogP contribution is 2.20. The lowest BCUT2D eigenvalue weighted by Gasteiger charge is -2.41. The van der Waals surface area contributed by atoms with E-state index in [1.165, 1.54) is 0 Å². The van der Waals surface area contributed by atoms with E-state index in [2.05, 4.69) is 27.8 Å². The van der Waals surface area contributed by atoms with Gasteiger partial charge in [-0.05, 0) is 26.0 Å². The van der Waals surface area contributed by atoms with Gasteiger partial charge in [0.1, 0.15) is 11.9 Å². The summed E-state index contributed by atoms with van der Waals surface area (Å²) >= 11 is 0. The van der Waals surface area contributed by atoms with Gasteiger partial charge in [0.15, 0.2) is 0 Å². The van der Waals surface area contributed by atoms with E-state index in [0.29, 0.717) is 18.2 Å². The van der Waals surface area contributed by atoms with Crippen LogP contribution in [0, 0.1) is 11.3 Å². The van der Waals surface area contributed by atoms with Gasteiger partial charge in [-0.15, -0.1) is 0 Å².